The van der Waals surface area contributed by atoms with E-state index in [0.29, 0.717) is 19.8 Å². The molecule has 0 bridgehead atoms. The Morgan fingerprint density at radius 1 is 1.44 bits per heavy atom. The quantitative estimate of drug-likeness (QED) is 0.760. The number of carbonyl (C=O) groups excluding carboxylic acids is 1. The molecule has 0 aliphatic carbocycles. The number of carbonyl (C=O) groups is 2. The zero-order valence-electron chi connectivity index (χ0n) is 10.4. The minimum atomic E-state index is -1.16. The summed E-state index contributed by atoms with van der Waals surface area (Å²) in [5, 5.41) is 8.98. The molecule has 18 heavy (non-hydrogen) atoms. The number of likely N-dealkylation sites (N-methyl/N-ethyl adjacent to an activating group) is 1. The first-order chi connectivity index (χ1) is 8.57. The lowest BCUT2D eigenvalue weighted by Crippen LogP contribution is -2.31. The highest BCUT2D eigenvalue weighted by atomic mass is 16.5. The molecule has 1 amide bonds. The maximum atomic E-state index is 12.0. The van der Waals surface area contributed by atoms with Gasteiger partial charge in [-0.05, 0) is 13.0 Å². The molecule has 0 aliphatic heterocycles. The number of hydrogen-bond donors (Lipinski definition) is 1. The number of carboxylic acid groups (broad SMARTS) is 1. The van der Waals surface area contributed by atoms with Crippen molar-refractivity contribution in [3.63, 3.8) is 0 Å². The lowest BCUT2D eigenvalue weighted by Gasteiger charge is -2.17. The van der Waals surface area contributed by atoms with Crippen molar-refractivity contribution in [2.75, 3.05) is 26.8 Å². The summed E-state index contributed by atoms with van der Waals surface area (Å²) in [6.07, 6.45) is 2.57. The number of ether oxygens (including phenoxy) is 1. The average Bonchev–Trinajstić information content (AvgIpc) is 2.38. The van der Waals surface area contributed by atoms with Gasteiger partial charge in [-0.25, -0.2) is 4.79 Å². The van der Waals surface area contributed by atoms with Crippen LogP contribution < -0.4 is 0 Å². The van der Waals surface area contributed by atoms with Crippen LogP contribution in [0.3, 0.4) is 0 Å². The van der Waals surface area contributed by atoms with Crippen LogP contribution in [-0.4, -0.2) is 53.7 Å². The van der Waals surface area contributed by atoms with Gasteiger partial charge in [-0.15, -0.1) is 0 Å². The molecule has 1 N–H and O–H groups in total. The number of hydrogen-bond acceptors (Lipinski definition) is 4. The molecular weight excluding hydrogens is 236 g/mol. The molecule has 1 heterocycles. The predicted octanol–water partition coefficient (Wildman–Crippen LogP) is 0.888. The van der Waals surface area contributed by atoms with Gasteiger partial charge < -0.3 is 14.7 Å². The normalized spacial score (nSPS) is 10.1. The zero-order valence-corrected chi connectivity index (χ0v) is 10.4. The lowest BCUT2D eigenvalue weighted by molar-refractivity contribution is 0.0663. The Labute approximate surface area is 105 Å². The third kappa shape index (κ3) is 3.53. The van der Waals surface area contributed by atoms with E-state index in [0.717, 1.165) is 0 Å². The molecule has 6 heteroatoms. The highest BCUT2D eigenvalue weighted by Crippen LogP contribution is 2.09. The van der Waals surface area contributed by atoms with Gasteiger partial charge in [-0.1, -0.05) is 0 Å². The number of amides is 1. The van der Waals surface area contributed by atoms with E-state index < -0.39 is 5.97 Å². The molecule has 0 saturated carbocycles. The monoisotopic (exact) mass is 252 g/mol. The summed E-state index contributed by atoms with van der Waals surface area (Å²) in [5.74, 6) is -1.51. The van der Waals surface area contributed by atoms with Crippen LogP contribution >= 0.6 is 0 Å². The molecule has 0 atom stereocenters. The minimum Gasteiger partial charge on any atom is -0.478 e. The van der Waals surface area contributed by atoms with Crippen LogP contribution in [0.4, 0.5) is 0 Å². The third-order valence-corrected chi connectivity index (χ3v) is 2.40. The second-order valence-corrected chi connectivity index (χ2v) is 3.65. The highest BCUT2D eigenvalue weighted by molar-refractivity contribution is 6.04. The Hall–Kier alpha value is -1.95. The summed E-state index contributed by atoms with van der Waals surface area (Å²) in [5.41, 5.74) is 0.0438. The van der Waals surface area contributed by atoms with Gasteiger partial charge in [0.25, 0.3) is 5.91 Å². The van der Waals surface area contributed by atoms with E-state index in [1.54, 1.807) is 7.05 Å². The number of rotatable bonds is 6. The SMILES string of the molecule is CCOCCN(C)C(=O)c1ccncc1C(=O)O. The zero-order chi connectivity index (χ0) is 13.5. The van der Waals surface area contributed by atoms with Crippen molar-refractivity contribution < 1.29 is 19.4 Å². The molecule has 98 valence electrons. The number of pyridine rings is 1. The highest BCUT2D eigenvalue weighted by Gasteiger charge is 2.19. The lowest BCUT2D eigenvalue weighted by atomic mass is 10.1. The Balaban J connectivity index is 2.80. The van der Waals surface area contributed by atoms with Crippen LogP contribution in [0.25, 0.3) is 0 Å². The minimum absolute atomic E-state index is 0.0919. The summed E-state index contributed by atoms with van der Waals surface area (Å²) in [4.78, 5) is 28.2. The molecule has 0 saturated heterocycles. The van der Waals surface area contributed by atoms with Crippen molar-refractivity contribution in [2.24, 2.45) is 0 Å². The molecule has 0 fully saturated rings. The maximum Gasteiger partial charge on any atom is 0.338 e. The van der Waals surface area contributed by atoms with E-state index in [2.05, 4.69) is 4.98 Å². The fraction of sp³-hybridized carbons (Fsp3) is 0.417. The summed E-state index contributed by atoms with van der Waals surface area (Å²) in [7, 11) is 1.60. The van der Waals surface area contributed by atoms with Gasteiger partial charge in [-0.3, -0.25) is 9.78 Å². The predicted molar refractivity (Wildman–Crippen MR) is 64.6 cm³/mol. The molecule has 0 unspecified atom stereocenters. The average molecular weight is 252 g/mol. The second-order valence-electron chi connectivity index (χ2n) is 3.65. The van der Waals surface area contributed by atoms with Gasteiger partial charge in [0.1, 0.15) is 0 Å². The molecule has 0 spiro atoms. The van der Waals surface area contributed by atoms with Crippen molar-refractivity contribution >= 4 is 11.9 Å². The van der Waals surface area contributed by atoms with Crippen LogP contribution in [0.2, 0.25) is 0 Å². The molecule has 0 radical (unpaired) electrons. The standard InChI is InChI=1S/C12H16N2O4/c1-3-18-7-6-14(2)11(15)9-4-5-13-8-10(9)12(16)17/h4-5,8H,3,6-7H2,1-2H3,(H,16,17). The molecular formula is C12H16N2O4. The molecule has 1 aromatic heterocycles. The maximum absolute atomic E-state index is 12.0. The Morgan fingerprint density at radius 2 is 2.17 bits per heavy atom. The number of nitrogens with zero attached hydrogens (tertiary/aromatic N) is 2. The second kappa shape index (κ2) is 6.70. The van der Waals surface area contributed by atoms with Crippen LogP contribution in [-0.2, 0) is 4.74 Å². The van der Waals surface area contributed by atoms with Crippen LogP contribution in [0.15, 0.2) is 18.5 Å². The number of aromatic carboxylic acids is 1. The first kappa shape index (κ1) is 14.1. The summed E-state index contributed by atoms with van der Waals surface area (Å²) in [6, 6.07) is 1.41. The topological polar surface area (TPSA) is 79.7 Å². The largest absolute Gasteiger partial charge is 0.478 e. The van der Waals surface area contributed by atoms with E-state index in [-0.39, 0.29) is 17.0 Å². The summed E-state index contributed by atoms with van der Waals surface area (Å²) in [6.45, 7) is 3.28. The van der Waals surface area contributed by atoms with Crippen molar-refractivity contribution in [2.45, 2.75) is 6.92 Å². The van der Waals surface area contributed by atoms with Crippen molar-refractivity contribution in [1.82, 2.24) is 9.88 Å². The van der Waals surface area contributed by atoms with Crippen LogP contribution in [0, 0.1) is 0 Å². The third-order valence-electron chi connectivity index (χ3n) is 2.40. The molecule has 1 rings (SSSR count). The first-order valence-electron chi connectivity index (χ1n) is 5.58. The van der Waals surface area contributed by atoms with Gasteiger partial charge in [0.15, 0.2) is 0 Å². The van der Waals surface area contributed by atoms with E-state index >= 15 is 0 Å². The van der Waals surface area contributed by atoms with Gasteiger partial charge in [-0.2, -0.15) is 0 Å². The smallest absolute Gasteiger partial charge is 0.338 e. The van der Waals surface area contributed by atoms with Crippen LogP contribution in [0.1, 0.15) is 27.6 Å². The van der Waals surface area contributed by atoms with E-state index in [4.69, 9.17) is 9.84 Å². The molecule has 6 nitrogen and oxygen atoms in total. The van der Waals surface area contributed by atoms with E-state index in [1.807, 2.05) is 6.92 Å². The van der Waals surface area contributed by atoms with Gasteiger partial charge in [0.2, 0.25) is 0 Å². The van der Waals surface area contributed by atoms with Gasteiger partial charge >= 0.3 is 5.97 Å². The van der Waals surface area contributed by atoms with Gasteiger partial charge in [0, 0.05) is 32.6 Å². The Bertz CT molecular complexity index is 434. The van der Waals surface area contributed by atoms with Crippen LogP contribution in [0.5, 0.6) is 0 Å². The fourth-order valence-electron chi connectivity index (χ4n) is 1.40. The molecule has 0 aromatic carbocycles. The Morgan fingerprint density at radius 3 is 2.78 bits per heavy atom. The summed E-state index contributed by atoms with van der Waals surface area (Å²) >= 11 is 0. The Kier molecular flexibility index (Phi) is 5.26. The van der Waals surface area contributed by atoms with Crippen molar-refractivity contribution in [3.05, 3.63) is 29.6 Å². The van der Waals surface area contributed by atoms with Gasteiger partial charge in [0.05, 0.1) is 17.7 Å². The van der Waals surface area contributed by atoms with E-state index in [9.17, 15) is 9.59 Å². The van der Waals surface area contributed by atoms with Crippen molar-refractivity contribution in [1.29, 1.82) is 0 Å². The first-order valence-corrected chi connectivity index (χ1v) is 5.58. The fourth-order valence-corrected chi connectivity index (χ4v) is 1.40. The number of carboxylic acids is 1. The summed E-state index contributed by atoms with van der Waals surface area (Å²) < 4.78 is 5.15. The van der Waals surface area contributed by atoms with E-state index in [1.165, 1.54) is 23.4 Å². The molecule has 0 aliphatic rings. The number of aromatic nitrogens is 1. The molecule has 1 aromatic rings. The van der Waals surface area contributed by atoms with Crippen molar-refractivity contribution in [3.8, 4) is 0 Å².